The predicted octanol–water partition coefficient (Wildman–Crippen LogP) is 4.39. The molecule has 0 saturated carbocycles. The molecule has 0 saturated heterocycles. The average molecular weight is 253 g/mol. The Hall–Kier alpha value is -2.35. The normalized spacial score (nSPS) is 12.6. The van der Waals surface area contributed by atoms with Crippen LogP contribution in [0.2, 0.25) is 0 Å². The van der Waals surface area contributed by atoms with Gasteiger partial charge >= 0.3 is 0 Å². The number of allylic oxidation sites excluding steroid dienone is 4. The Morgan fingerprint density at radius 3 is 2.58 bits per heavy atom. The molecule has 2 nitrogen and oxygen atoms in total. The Morgan fingerprint density at radius 2 is 1.95 bits per heavy atom. The highest BCUT2D eigenvalue weighted by atomic mass is 16.5. The Morgan fingerprint density at radius 1 is 1.21 bits per heavy atom. The molecule has 0 aliphatic heterocycles. The zero-order valence-corrected chi connectivity index (χ0v) is 11.4. The third kappa shape index (κ3) is 6.22. The molecule has 0 fully saturated rings. The van der Waals surface area contributed by atoms with E-state index in [0.29, 0.717) is 5.70 Å². The van der Waals surface area contributed by atoms with E-state index in [0.717, 1.165) is 11.3 Å². The maximum atomic E-state index is 5.10. The molecule has 0 heterocycles. The molecule has 98 valence electrons. The zero-order valence-electron chi connectivity index (χ0n) is 11.4. The van der Waals surface area contributed by atoms with E-state index in [9.17, 15) is 0 Å². The number of rotatable bonds is 6. The number of methoxy groups -OCH3 is 1. The van der Waals surface area contributed by atoms with Crippen molar-refractivity contribution in [3.63, 3.8) is 0 Å². The lowest BCUT2D eigenvalue weighted by atomic mass is 10.2. The standard InChI is InChI=1S/C17H19NO/c1-4-17(19-3)13-12-15(2)18-14-8-11-16-9-6-5-7-10-16/h4-14H,2H2,1,3H3/b11-8+,13-12-,17-4+,18-14+. The van der Waals surface area contributed by atoms with Crippen molar-refractivity contribution >= 4 is 12.3 Å². The summed E-state index contributed by atoms with van der Waals surface area (Å²) in [7, 11) is 1.63. The molecule has 2 heteroatoms. The lowest BCUT2D eigenvalue weighted by molar-refractivity contribution is 0.306. The fourth-order valence-electron chi connectivity index (χ4n) is 1.36. The molecule has 0 bridgehead atoms. The molecule has 1 aromatic carbocycles. The van der Waals surface area contributed by atoms with Crippen LogP contribution < -0.4 is 0 Å². The second kappa shape index (κ2) is 8.70. The van der Waals surface area contributed by atoms with Crippen LogP contribution in [0.4, 0.5) is 0 Å². The number of ether oxygens (including phenoxy) is 1. The average Bonchev–Trinajstić information content (AvgIpc) is 2.46. The second-order valence-electron chi connectivity index (χ2n) is 3.77. The van der Waals surface area contributed by atoms with Gasteiger partial charge in [0.2, 0.25) is 0 Å². The van der Waals surface area contributed by atoms with Gasteiger partial charge in [-0.05, 0) is 36.8 Å². The first-order chi connectivity index (χ1) is 9.26. The van der Waals surface area contributed by atoms with E-state index in [1.807, 2.05) is 67.6 Å². The first-order valence-corrected chi connectivity index (χ1v) is 6.09. The van der Waals surface area contributed by atoms with Gasteiger partial charge in [0.05, 0.1) is 12.8 Å². The molecular formula is C17H19NO. The first kappa shape index (κ1) is 14.7. The summed E-state index contributed by atoms with van der Waals surface area (Å²) in [6.45, 7) is 5.75. The van der Waals surface area contributed by atoms with E-state index < -0.39 is 0 Å². The van der Waals surface area contributed by atoms with Crippen LogP contribution in [0.3, 0.4) is 0 Å². The fourth-order valence-corrected chi connectivity index (χ4v) is 1.36. The van der Waals surface area contributed by atoms with Gasteiger partial charge in [0.1, 0.15) is 5.76 Å². The maximum absolute atomic E-state index is 5.10. The van der Waals surface area contributed by atoms with Gasteiger partial charge in [-0.3, -0.25) is 4.99 Å². The number of nitrogens with zero attached hydrogens (tertiary/aromatic N) is 1. The van der Waals surface area contributed by atoms with Gasteiger partial charge in [-0.15, -0.1) is 0 Å². The van der Waals surface area contributed by atoms with Gasteiger partial charge in [-0.2, -0.15) is 0 Å². The first-order valence-electron chi connectivity index (χ1n) is 6.09. The van der Waals surface area contributed by atoms with Crippen molar-refractivity contribution in [2.45, 2.75) is 6.92 Å². The van der Waals surface area contributed by atoms with Crippen LogP contribution in [0.25, 0.3) is 6.08 Å². The molecule has 0 spiro atoms. The molecule has 0 N–H and O–H groups in total. The summed E-state index contributed by atoms with van der Waals surface area (Å²) in [5.41, 5.74) is 1.82. The minimum atomic E-state index is 0.675. The summed E-state index contributed by atoms with van der Waals surface area (Å²) in [4.78, 5) is 4.20. The molecule has 1 aromatic rings. The highest BCUT2D eigenvalue weighted by Gasteiger charge is 1.86. The minimum Gasteiger partial charge on any atom is -0.497 e. The van der Waals surface area contributed by atoms with Crippen LogP contribution in [0.15, 0.2) is 77.7 Å². The fraction of sp³-hybridized carbons (Fsp3) is 0.118. The molecule has 0 unspecified atom stereocenters. The van der Waals surface area contributed by atoms with E-state index in [4.69, 9.17) is 4.74 Å². The lowest BCUT2D eigenvalue weighted by Crippen LogP contribution is -1.80. The second-order valence-corrected chi connectivity index (χ2v) is 3.77. The lowest BCUT2D eigenvalue weighted by Gasteiger charge is -1.97. The van der Waals surface area contributed by atoms with Gasteiger partial charge in [0.15, 0.2) is 0 Å². The Balaban J connectivity index is 2.49. The van der Waals surface area contributed by atoms with Crippen molar-refractivity contribution in [1.29, 1.82) is 0 Å². The van der Waals surface area contributed by atoms with Crippen LogP contribution in [0, 0.1) is 0 Å². The largest absolute Gasteiger partial charge is 0.497 e. The molecule has 19 heavy (non-hydrogen) atoms. The maximum Gasteiger partial charge on any atom is 0.114 e. The van der Waals surface area contributed by atoms with Crippen molar-refractivity contribution in [2.24, 2.45) is 4.99 Å². The Labute approximate surface area is 115 Å². The quantitative estimate of drug-likeness (QED) is 0.418. The number of aliphatic imine (C=N–C) groups is 1. The van der Waals surface area contributed by atoms with Crippen molar-refractivity contribution in [3.8, 4) is 0 Å². The molecule has 0 atom stereocenters. The number of benzene rings is 1. The topological polar surface area (TPSA) is 21.6 Å². The van der Waals surface area contributed by atoms with Crippen LogP contribution in [0.5, 0.6) is 0 Å². The number of hydrogen-bond acceptors (Lipinski definition) is 2. The van der Waals surface area contributed by atoms with E-state index in [2.05, 4.69) is 11.6 Å². The molecule has 0 aliphatic carbocycles. The third-order valence-corrected chi connectivity index (χ3v) is 2.37. The predicted molar refractivity (Wildman–Crippen MR) is 83.0 cm³/mol. The van der Waals surface area contributed by atoms with Crippen molar-refractivity contribution < 1.29 is 4.74 Å². The van der Waals surface area contributed by atoms with Crippen LogP contribution in [-0.2, 0) is 4.74 Å². The molecule has 1 rings (SSSR count). The SMILES string of the molecule is C=C(/C=C\C(=C/C)OC)/N=C/C=C/c1ccccc1. The van der Waals surface area contributed by atoms with E-state index in [1.54, 1.807) is 13.3 Å². The Bertz CT molecular complexity index is 507. The number of hydrogen-bond donors (Lipinski definition) is 0. The highest BCUT2D eigenvalue weighted by molar-refractivity contribution is 5.79. The van der Waals surface area contributed by atoms with Crippen molar-refractivity contribution in [2.75, 3.05) is 7.11 Å². The van der Waals surface area contributed by atoms with Crippen LogP contribution in [0.1, 0.15) is 12.5 Å². The summed E-state index contributed by atoms with van der Waals surface area (Å²) in [5.74, 6) is 0.788. The third-order valence-electron chi connectivity index (χ3n) is 2.37. The highest BCUT2D eigenvalue weighted by Crippen LogP contribution is 2.02. The summed E-state index contributed by atoms with van der Waals surface area (Å²) >= 11 is 0. The van der Waals surface area contributed by atoms with Crippen LogP contribution in [-0.4, -0.2) is 13.3 Å². The molecule has 0 aromatic heterocycles. The van der Waals surface area contributed by atoms with Gasteiger partial charge in [0.25, 0.3) is 0 Å². The van der Waals surface area contributed by atoms with E-state index in [1.165, 1.54) is 0 Å². The molecule has 0 radical (unpaired) electrons. The molecule has 0 aliphatic rings. The van der Waals surface area contributed by atoms with Crippen molar-refractivity contribution in [3.05, 3.63) is 78.2 Å². The molecule has 0 amide bonds. The van der Waals surface area contributed by atoms with Gasteiger partial charge < -0.3 is 4.74 Å². The minimum absolute atomic E-state index is 0.675. The summed E-state index contributed by atoms with van der Waals surface area (Å²) in [6.07, 6.45) is 11.1. The zero-order chi connectivity index (χ0) is 13.9. The summed E-state index contributed by atoms with van der Waals surface area (Å²) < 4.78 is 5.10. The van der Waals surface area contributed by atoms with E-state index >= 15 is 0 Å². The van der Waals surface area contributed by atoms with Gasteiger partial charge in [-0.25, -0.2) is 0 Å². The summed E-state index contributed by atoms with van der Waals surface area (Å²) in [6, 6.07) is 10.1. The van der Waals surface area contributed by atoms with Crippen LogP contribution >= 0.6 is 0 Å². The Kier molecular flexibility index (Phi) is 6.73. The van der Waals surface area contributed by atoms with Gasteiger partial charge in [-0.1, -0.05) is 43.0 Å². The smallest absolute Gasteiger partial charge is 0.114 e. The summed E-state index contributed by atoms with van der Waals surface area (Å²) in [5, 5.41) is 0. The van der Waals surface area contributed by atoms with E-state index in [-0.39, 0.29) is 0 Å². The van der Waals surface area contributed by atoms with Gasteiger partial charge in [0, 0.05) is 6.21 Å². The monoisotopic (exact) mass is 253 g/mol. The molecular weight excluding hydrogens is 234 g/mol. The van der Waals surface area contributed by atoms with Crippen molar-refractivity contribution in [1.82, 2.24) is 0 Å².